The van der Waals surface area contributed by atoms with E-state index in [4.69, 9.17) is 9.72 Å². The van der Waals surface area contributed by atoms with Crippen molar-refractivity contribution < 1.29 is 17.9 Å². The number of thiazole rings is 1. The van der Waals surface area contributed by atoms with Gasteiger partial charge in [0, 0.05) is 44.8 Å². The third-order valence-electron chi connectivity index (χ3n) is 7.69. The van der Waals surface area contributed by atoms with Crippen molar-refractivity contribution in [3.63, 3.8) is 0 Å². The van der Waals surface area contributed by atoms with Crippen molar-refractivity contribution in [1.82, 2.24) is 14.2 Å². The van der Waals surface area contributed by atoms with Gasteiger partial charge in [0.1, 0.15) is 0 Å². The van der Waals surface area contributed by atoms with Crippen molar-refractivity contribution in [2.24, 2.45) is 0 Å². The summed E-state index contributed by atoms with van der Waals surface area (Å²) in [5, 5.41) is 0.666. The second kappa shape index (κ2) is 16.1. The van der Waals surface area contributed by atoms with Crippen LogP contribution in [-0.4, -0.2) is 81.0 Å². The molecule has 2 heterocycles. The van der Waals surface area contributed by atoms with Gasteiger partial charge >= 0.3 is 0 Å². The summed E-state index contributed by atoms with van der Waals surface area (Å²) in [5.74, 6) is -0.169. The molecule has 0 spiro atoms. The summed E-state index contributed by atoms with van der Waals surface area (Å²) >= 11 is 1.52. The molecule has 1 amide bonds. The zero-order valence-electron chi connectivity index (χ0n) is 25.3. The van der Waals surface area contributed by atoms with Crippen LogP contribution in [0.1, 0.15) is 67.4 Å². The van der Waals surface area contributed by atoms with Gasteiger partial charge < -0.3 is 4.74 Å². The molecule has 0 aliphatic carbocycles. The van der Waals surface area contributed by atoms with Crippen LogP contribution >= 0.6 is 23.7 Å². The van der Waals surface area contributed by atoms with Crippen LogP contribution in [0, 0.1) is 13.8 Å². The van der Waals surface area contributed by atoms with Gasteiger partial charge in [0.15, 0.2) is 5.13 Å². The summed E-state index contributed by atoms with van der Waals surface area (Å²) in [5.41, 5.74) is 3.71. The highest BCUT2D eigenvalue weighted by atomic mass is 35.5. The molecule has 0 saturated carbocycles. The summed E-state index contributed by atoms with van der Waals surface area (Å²) in [6, 6.07) is 10.6. The molecule has 3 aromatic rings. The lowest BCUT2D eigenvalue weighted by molar-refractivity contribution is 0.0376. The lowest BCUT2D eigenvalue weighted by atomic mass is 10.1. The van der Waals surface area contributed by atoms with Crippen LogP contribution in [0.3, 0.4) is 0 Å². The molecule has 232 valence electrons. The van der Waals surface area contributed by atoms with E-state index in [0.29, 0.717) is 30.3 Å². The molecule has 1 aliphatic heterocycles. The summed E-state index contributed by atoms with van der Waals surface area (Å²) in [7, 11) is -3.63. The number of benzene rings is 2. The van der Waals surface area contributed by atoms with Gasteiger partial charge in [-0.2, -0.15) is 4.31 Å². The molecule has 42 heavy (non-hydrogen) atoms. The summed E-state index contributed by atoms with van der Waals surface area (Å²) in [6.07, 6.45) is 4.30. The number of halogens is 1. The number of hydrogen-bond acceptors (Lipinski definition) is 7. The highest BCUT2D eigenvalue weighted by Crippen LogP contribution is 2.32. The highest BCUT2D eigenvalue weighted by Gasteiger charge is 2.26. The average molecular weight is 637 g/mol. The van der Waals surface area contributed by atoms with E-state index in [0.717, 1.165) is 75.2 Å². The fourth-order valence-electron chi connectivity index (χ4n) is 4.94. The standard InChI is InChI=1S/C31H44N4O4S2.ClH/c1-5-7-15-34(16-8-6-2)41(37,38)27-12-10-26(11-13-27)30(36)35(17-9-14-33-18-20-39-21-19-33)31-32-28-22-24(3)25(4)23-29(28)40-31;/h10-13,22-23H,5-9,14-21H2,1-4H3;1H. The minimum atomic E-state index is -3.63. The number of carbonyl (C=O) groups excluding carboxylic acids is 1. The zero-order valence-corrected chi connectivity index (χ0v) is 27.8. The predicted octanol–water partition coefficient (Wildman–Crippen LogP) is 6.29. The van der Waals surface area contributed by atoms with Gasteiger partial charge in [-0.25, -0.2) is 13.4 Å². The average Bonchev–Trinajstić information content (AvgIpc) is 3.37. The Morgan fingerprint density at radius 1 is 0.952 bits per heavy atom. The fraction of sp³-hybridized carbons (Fsp3) is 0.548. The van der Waals surface area contributed by atoms with Crippen LogP contribution in [0.4, 0.5) is 5.13 Å². The Balaban J connectivity index is 0.00000484. The van der Waals surface area contributed by atoms with Gasteiger partial charge in [0.25, 0.3) is 5.91 Å². The largest absolute Gasteiger partial charge is 0.379 e. The normalized spacial score (nSPS) is 14.3. The van der Waals surface area contributed by atoms with Crippen molar-refractivity contribution >= 4 is 55.0 Å². The fourth-order valence-corrected chi connectivity index (χ4v) is 7.53. The Bertz CT molecular complexity index is 1360. The first-order valence-corrected chi connectivity index (χ1v) is 17.1. The molecule has 1 saturated heterocycles. The monoisotopic (exact) mass is 636 g/mol. The molecule has 11 heteroatoms. The van der Waals surface area contributed by atoms with Gasteiger partial charge in [-0.1, -0.05) is 38.0 Å². The summed E-state index contributed by atoms with van der Waals surface area (Å²) in [4.78, 5) is 23.1. The van der Waals surface area contributed by atoms with E-state index in [-0.39, 0.29) is 23.2 Å². The van der Waals surface area contributed by atoms with Crippen LogP contribution in [0.5, 0.6) is 0 Å². The topological polar surface area (TPSA) is 83.1 Å². The number of unbranched alkanes of at least 4 members (excludes halogenated alkanes) is 2. The van der Waals surface area contributed by atoms with Gasteiger partial charge in [0.2, 0.25) is 10.0 Å². The van der Waals surface area contributed by atoms with Gasteiger partial charge in [0.05, 0.1) is 28.3 Å². The van der Waals surface area contributed by atoms with E-state index in [1.165, 1.54) is 22.5 Å². The number of aromatic nitrogens is 1. The number of rotatable bonds is 14. The first-order chi connectivity index (χ1) is 19.7. The molecule has 0 bridgehead atoms. The second-order valence-electron chi connectivity index (χ2n) is 10.8. The maximum absolute atomic E-state index is 13.9. The quantitative estimate of drug-likeness (QED) is 0.207. The van der Waals surface area contributed by atoms with Gasteiger partial charge in [-0.15, -0.1) is 12.4 Å². The van der Waals surface area contributed by atoms with E-state index >= 15 is 0 Å². The molecule has 0 unspecified atom stereocenters. The zero-order chi connectivity index (χ0) is 29.4. The SMILES string of the molecule is CCCCN(CCCC)S(=O)(=O)c1ccc(C(=O)N(CCCN2CCOCC2)c2nc3cc(C)c(C)cc3s2)cc1.Cl. The molecular weight excluding hydrogens is 592 g/mol. The number of nitrogens with zero attached hydrogens (tertiary/aromatic N) is 4. The van der Waals surface area contributed by atoms with Crippen molar-refractivity contribution in [2.45, 2.75) is 64.7 Å². The van der Waals surface area contributed by atoms with E-state index in [9.17, 15) is 13.2 Å². The van der Waals surface area contributed by atoms with Gasteiger partial charge in [-0.3, -0.25) is 14.6 Å². The lowest BCUT2D eigenvalue weighted by Crippen LogP contribution is -2.39. The Kier molecular flexibility index (Phi) is 13.2. The van der Waals surface area contributed by atoms with Crippen molar-refractivity contribution in [1.29, 1.82) is 0 Å². The number of fused-ring (bicyclic) bond motifs is 1. The number of hydrogen-bond donors (Lipinski definition) is 0. The first kappa shape index (κ1) is 34.4. The number of morpholine rings is 1. The van der Waals surface area contributed by atoms with E-state index in [1.54, 1.807) is 33.5 Å². The van der Waals surface area contributed by atoms with E-state index in [1.807, 2.05) is 0 Å². The molecule has 1 aromatic heterocycles. The van der Waals surface area contributed by atoms with Crippen LogP contribution in [0.25, 0.3) is 10.2 Å². The number of aryl methyl sites for hydroxylation is 2. The molecule has 0 N–H and O–H groups in total. The summed E-state index contributed by atoms with van der Waals surface area (Å²) in [6.45, 7) is 14.0. The molecular formula is C31H45ClN4O4S2. The van der Waals surface area contributed by atoms with Crippen LogP contribution in [-0.2, 0) is 14.8 Å². The molecule has 4 rings (SSSR count). The molecule has 0 radical (unpaired) electrons. The second-order valence-corrected chi connectivity index (χ2v) is 13.7. The Morgan fingerprint density at radius 3 is 2.19 bits per heavy atom. The third kappa shape index (κ3) is 8.51. The number of carbonyl (C=O) groups is 1. The maximum atomic E-state index is 13.9. The molecule has 1 fully saturated rings. The Labute approximate surface area is 261 Å². The van der Waals surface area contributed by atoms with Gasteiger partial charge in [-0.05, 0) is 80.6 Å². The maximum Gasteiger partial charge on any atom is 0.260 e. The number of amides is 1. The van der Waals surface area contributed by atoms with Crippen LogP contribution < -0.4 is 4.90 Å². The lowest BCUT2D eigenvalue weighted by Gasteiger charge is -2.27. The predicted molar refractivity (Wildman–Crippen MR) is 175 cm³/mol. The number of sulfonamides is 1. The van der Waals surface area contributed by atoms with Crippen LogP contribution in [0.15, 0.2) is 41.3 Å². The molecule has 8 nitrogen and oxygen atoms in total. The summed E-state index contributed by atoms with van der Waals surface area (Å²) < 4.78 is 35.0. The molecule has 0 atom stereocenters. The minimum absolute atomic E-state index is 0. The molecule has 2 aromatic carbocycles. The Morgan fingerprint density at radius 2 is 1.57 bits per heavy atom. The Hall–Kier alpha value is -2.08. The number of anilines is 1. The van der Waals surface area contributed by atoms with Crippen molar-refractivity contribution in [3.8, 4) is 0 Å². The van der Waals surface area contributed by atoms with Crippen LogP contribution in [0.2, 0.25) is 0 Å². The first-order valence-electron chi connectivity index (χ1n) is 14.8. The van der Waals surface area contributed by atoms with Crippen molar-refractivity contribution in [3.05, 3.63) is 53.1 Å². The van der Waals surface area contributed by atoms with Crippen molar-refractivity contribution in [2.75, 3.05) is 57.4 Å². The third-order valence-corrected chi connectivity index (χ3v) is 10.6. The number of ether oxygens (including phenoxy) is 1. The van der Waals surface area contributed by atoms with E-state index in [2.05, 4.69) is 44.7 Å². The molecule has 1 aliphatic rings. The smallest absolute Gasteiger partial charge is 0.260 e. The highest BCUT2D eigenvalue weighted by molar-refractivity contribution is 7.89. The van der Waals surface area contributed by atoms with E-state index < -0.39 is 10.0 Å². The minimum Gasteiger partial charge on any atom is -0.379 e.